The minimum Gasteiger partial charge on any atom is -0.493 e. The van der Waals surface area contributed by atoms with Gasteiger partial charge in [-0.05, 0) is 73.2 Å². The lowest BCUT2D eigenvalue weighted by Crippen LogP contribution is -2.31. The number of benzene rings is 2. The molecule has 1 aromatic heterocycles. The fourth-order valence-corrected chi connectivity index (χ4v) is 6.03. The second-order valence-corrected chi connectivity index (χ2v) is 10.1. The largest absolute Gasteiger partial charge is 0.493 e. The number of hydrogen-bond acceptors (Lipinski definition) is 8. The van der Waals surface area contributed by atoms with Crippen LogP contribution >= 0.6 is 11.3 Å². The number of fused-ring (bicyclic) bond motifs is 1. The van der Waals surface area contributed by atoms with Crippen LogP contribution in [0.3, 0.4) is 0 Å². The summed E-state index contributed by atoms with van der Waals surface area (Å²) in [6, 6.07) is 11.4. The van der Waals surface area contributed by atoms with Crippen molar-refractivity contribution in [2.45, 2.75) is 32.2 Å². The molecule has 1 aliphatic carbocycles. The summed E-state index contributed by atoms with van der Waals surface area (Å²) in [5, 5.41) is 6.65. The maximum atomic E-state index is 13.8. The smallest absolute Gasteiger partial charge is 0.286 e. The topological polar surface area (TPSA) is 82.5 Å². The first-order valence-electron chi connectivity index (χ1n) is 12.5. The first kappa shape index (κ1) is 25.8. The third-order valence-corrected chi connectivity index (χ3v) is 8.06. The van der Waals surface area contributed by atoms with E-state index in [0.29, 0.717) is 33.6 Å². The van der Waals surface area contributed by atoms with E-state index in [2.05, 4.69) is 11.1 Å². The van der Waals surface area contributed by atoms with Crippen molar-refractivity contribution in [1.82, 2.24) is 9.99 Å². The SMILES string of the molecule is COc1ccc(/C=C2/CCC[C@@H]3C2=NN(C(=O)c2scnc2C)[C@@H]3c2ccc(OC)c(OC)c2)cc1OC. The fraction of sp³-hybridized carbons (Fsp3) is 0.345. The molecular formula is C29H31N3O5S. The number of nitrogens with zero attached hydrogens (tertiary/aromatic N) is 3. The van der Waals surface area contributed by atoms with Crippen molar-refractivity contribution in [1.29, 1.82) is 0 Å². The van der Waals surface area contributed by atoms with Crippen molar-refractivity contribution >= 4 is 29.0 Å². The number of methoxy groups -OCH3 is 4. The van der Waals surface area contributed by atoms with Crippen molar-refractivity contribution in [3.63, 3.8) is 0 Å². The number of carbonyl (C=O) groups is 1. The van der Waals surface area contributed by atoms with Crippen molar-refractivity contribution in [2.24, 2.45) is 11.0 Å². The average molecular weight is 534 g/mol. The second-order valence-electron chi connectivity index (χ2n) is 9.24. The van der Waals surface area contributed by atoms with Gasteiger partial charge in [-0.1, -0.05) is 12.1 Å². The van der Waals surface area contributed by atoms with Gasteiger partial charge in [-0.3, -0.25) is 4.79 Å². The van der Waals surface area contributed by atoms with Crippen LogP contribution < -0.4 is 18.9 Å². The Labute approximate surface area is 226 Å². The third-order valence-electron chi connectivity index (χ3n) is 7.15. The number of aryl methyl sites for hydroxylation is 1. The van der Waals surface area contributed by atoms with E-state index in [4.69, 9.17) is 24.0 Å². The number of aromatic nitrogens is 1. The molecule has 2 aliphatic rings. The predicted octanol–water partition coefficient (Wildman–Crippen LogP) is 5.92. The highest BCUT2D eigenvalue weighted by molar-refractivity contribution is 7.11. The van der Waals surface area contributed by atoms with Gasteiger partial charge in [0.25, 0.3) is 5.91 Å². The van der Waals surface area contributed by atoms with Crippen LogP contribution in [0.2, 0.25) is 0 Å². The third kappa shape index (κ3) is 4.62. The molecule has 0 unspecified atom stereocenters. The molecule has 198 valence electrons. The van der Waals surface area contributed by atoms with Crippen molar-refractivity contribution in [2.75, 3.05) is 28.4 Å². The highest BCUT2D eigenvalue weighted by atomic mass is 32.1. The Balaban J connectivity index is 1.59. The summed E-state index contributed by atoms with van der Waals surface area (Å²) in [7, 11) is 6.49. The number of rotatable bonds is 7. The Morgan fingerprint density at radius 3 is 2.32 bits per heavy atom. The zero-order chi connectivity index (χ0) is 26.8. The van der Waals surface area contributed by atoms with Crippen molar-refractivity contribution < 1.29 is 23.7 Å². The lowest BCUT2D eigenvalue weighted by molar-refractivity contribution is 0.0684. The van der Waals surface area contributed by atoms with E-state index in [1.807, 2.05) is 43.3 Å². The van der Waals surface area contributed by atoms with Crippen LogP contribution in [0.1, 0.15) is 51.8 Å². The van der Waals surface area contributed by atoms with Gasteiger partial charge in [0.15, 0.2) is 23.0 Å². The number of hydrazone groups is 1. The van der Waals surface area contributed by atoms with E-state index < -0.39 is 0 Å². The summed E-state index contributed by atoms with van der Waals surface area (Å²) >= 11 is 1.34. The molecule has 2 atom stereocenters. The Morgan fingerprint density at radius 1 is 0.974 bits per heavy atom. The number of thiazole rings is 1. The van der Waals surface area contributed by atoms with Gasteiger partial charge in [0, 0.05) is 5.92 Å². The first-order chi connectivity index (χ1) is 18.5. The fourth-order valence-electron chi connectivity index (χ4n) is 5.29. The molecule has 1 saturated carbocycles. The van der Waals surface area contributed by atoms with E-state index in [1.54, 1.807) is 39.0 Å². The molecule has 1 amide bonds. The molecule has 1 fully saturated rings. The molecular weight excluding hydrogens is 502 g/mol. The molecule has 1 aliphatic heterocycles. The molecule has 0 spiro atoms. The molecule has 9 heteroatoms. The van der Waals surface area contributed by atoms with Crippen LogP contribution in [0.4, 0.5) is 0 Å². The molecule has 8 nitrogen and oxygen atoms in total. The number of ether oxygens (including phenoxy) is 4. The van der Waals surface area contributed by atoms with Gasteiger partial charge >= 0.3 is 0 Å². The van der Waals surface area contributed by atoms with Gasteiger partial charge in [-0.25, -0.2) is 9.99 Å². The lowest BCUT2D eigenvalue weighted by Gasteiger charge is -2.30. The van der Waals surface area contributed by atoms with E-state index in [1.165, 1.54) is 11.3 Å². The van der Waals surface area contributed by atoms with Crippen molar-refractivity contribution in [3.05, 3.63) is 69.2 Å². The molecule has 2 aromatic carbocycles. The van der Waals surface area contributed by atoms with Gasteiger partial charge < -0.3 is 18.9 Å². The van der Waals surface area contributed by atoms with Crippen molar-refractivity contribution in [3.8, 4) is 23.0 Å². The second kappa shape index (κ2) is 10.9. The number of amides is 1. The predicted molar refractivity (Wildman–Crippen MR) is 148 cm³/mol. The summed E-state index contributed by atoms with van der Waals surface area (Å²) in [6.45, 7) is 1.85. The highest BCUT2D eigenvalue weighted by Gasteiger charge is 2.44. The number of carbonyl (C=O) groups excluding carboxylic acids is 1. The Kier molecular flexibility index (Phi) is 7.37. The van der Waals surface area contributed by atoms with Crippen LogP contribution in [0, 0.1) is 12.8 Å². The van der Waals surface area contributed by atoms with Crippen LogP contribution in [0.5, 0.6) is 23.0 Å². The monoisotopic (exact) mass is 533 g/mol. The van der Waals surface area contributed by atoms with Gasteiger partial charge in [0.1, 0.15) is 4.88 Å². The lowest BCUT2D eigenvalue weighted by atomic mass is 9.77. The molecule has 5 rings (SSSR count). The first-order valence-corrected chi connectivity index (χ1v) is 13.3. The Hall–Kier alpha value is -3.85. The van der Waals surface area contributed by atoms with E-state index in [9.17, 15) is 4.79 Å². The number of allylic oxidation sites excluding steroid dienone is 1. The zero-order valence-corrected chi connectivity index (χ0v) is 23.0. The van der Waals surface area contributed by atoms with Gasteiger partial charge in [0.2, 0.25) is 0 Å². The van der Waals surface area contributed by atoms with Crippen LogP contribution in [0.25, 0.3) is 6.08 Å². The van der Waals surface area contributed by atoms with E-state index >= 15 is 0 Å². The summed E-state index contributed by atoms with van der Waals surface area (Å²) in [6.07, 6.45) is 4.94. The molecule has 38 heavy (non-hydrogen) atoms. The van der Waals surface area contributed by atoms with Gasteiger partial charge in [-0.15, -0.1) is 11.3 Å². The normalized spacial score (nSPS) is 19.7. The molecule has 2 heterocycles. The zero-order valence-electron chi connectivity index (χ0n) is 22.2. The maximum Gasteiger partial charge on any atom is 0.286 e. The summed E-state index contributed by atoms with van der Waals surface area (Å²) in [4.78, 5) is 18.7. The van der Waals surface area contributed by atoms with Gasteiger partial charge in [-0.2, -0.15) is 5.10 Å². The number of hydrogen-bond donors (Lipinski definition) is 0. The quantitative estimate of drug-likeness (QED) is 0.375. The summed E-state index contributed by atoms with van der Waals surface area (Å²) in [5.41, 5.74) is 6.42. The maximum absolute atomic E-state index is 13.8. The standard InChI is InChI=1S/C29H31N3O5S/c1-17-28(38-16-30-17)29(33)32-27(20-10-12-23(35-3)25(15-20)37-5)21-8-6-7-19(26(21)31-32)13-18-9-11-22(34-2)24(14-18)36-4/h9-16,21,27H,6-8H2,1-5H3/b19-13-/t21-,27-/m1/s1. The average Bonchev–Trinajstić information content (AvgIpc) is 3.56. The highest BCUT2D eigenvalue weighted by Crippen LogP contribution is 2.46. The van der Waals surface area contributed by atoms with E-state index in [-0.39, 0.29) is 17.9 Å². The minimum atomic E-state index is -0.270. The van der Waals surface area contributed by atoms with Gasteiger partial charge in [0.05, 0.1) is 51.4 Å². The van der Waals surface area contributed by atoms with Crippen LogP contribution in [-0.2, 0) is 0 Å². The van der Waals surface area contributed by atoms with Crippen LogP contribution in [-0.4, -0.2) is 50.1 Å². The molecule has 0 N–H and O–H groups in total. The van der Waals surface area contributed by atoms with Crippen LogP contribution in [0.15, 0.2) is 52.6 Å². The molecule has 3 aromatic rings. The minimum absolute atomic E-state index is 0.0467. The molecule has 0 radical (unpaired) electrons. The Morgan fingerprint density at radius 2 is 1.66 bits per heavy atom. The molecule has 0 saturated heterocycles. The molecule has 0 bridgehead atoms. The summed E-state index contributed by atoms with van der Waals surface area (Å²) in [5.74, 6) is 2.52. The van der Waals surface area contributed by atoms with E-state index in [0.717, 1.165) is 41.7 Å². The summed E-state index contributed by atoms with van der Waals surface area (Å²) < 4.78 is 22.0. The Bertz CT molecular complexity index is 1410.